The van der Waals surface area contributed by atoms with Gasteiger partial charge in [0, 0.05) is 35.2 Å². The average molecular weight is 439 g/mol. The molecule has 4 heterocycles. The number of ether oxygens (including phenoxy) is 3. The molecule has 0 radical (unpaired) electrons. The second kappa shape index (κ2) is 7.67. The van der Waals surface area contributed by atoms with Crippen LogP contribution in [0.3, 0.4) is 0 Å². The minimum atomic E-state index is -0.439. The maximum atomic E-state index is 6.65. The lowest BCUT2D eigenvalue weighted by Gasteiger charge is -2.39. The lowest BCUT2D eigenvalue weighted by molar-refractivity contribution is 0.217. The van der Waals surface area contributed by atoms with Crippen molar-refractivity contribution in [1.82, 2.24) is 19.7 Å². The Bertz CT molecular complexity index is 1370. The van der Waals surface area contributed by atoms with Gasteiger partial charge in [-0.05, 0) is 35.9 Å². The number of benzene rings is 2. The summed E-state index contributed by atoms with van der Waals surface area (Å²) in [6.07, 6.45) is 4.74. The van der Waals surface area contributed by atoms with Crippen LogP contribution < -0.4 is 19.5 Å². The first-order valence-corrected chi connectivity index (χ1v) is 10.6. The van der Waals surface area contributed by atoms with Gasteiger partial charge >= 0.3 is 0 Å². The summed E-state index contributed by atoms with van der Waals surface area (Å²) in [4.78, 5) is 8.82. The smallest absolute Gasteiger partial charge is 0.226 e. The quantitative estimate of drug-likeness (QED) is 0.509. The van der Waals surface area contributed by atoms with Gasteiger partial charge in [0.1, 0.15) is 29.6 Å². The lowest BCUT2D eigenvalue weighted by Crippen LogP contribution is -2.32. The molecule has 2 aromatic carbocycles. The molecule has 2 aromatic heterocycles. The van der Waals surface area contributed by atoms with Crippen LogP contribution in [0.5, 0.6) is 17.2 Å². The van der Waals surface area contributed by atoms with Crippen molar-refractivity contribution in [2.75, 3.05) is 19.5 Å². The predicted octanol–water partition coefficient (Wildman–Crippen LogP) is 4.25. The largest absolute Gasteiger partial charge is 0.497 e. The van der Waals surface area contributed by atoms with Crippen LogP contribution >= 0.6 is 0 Å². The molecule has 0 fully saturated rings. The van der Waals surface area contributed by atoms with Crippen molar-refractivity contribution in [1.29, 1.82) is 0 Å². The number of pyridine rings is 1. The van der Waals surface area contributed by atoms with Gasteiger partial charge < -0.3 is 19.5 Å². The van der Waals surface area contributed by atoms with Gasteiger partial charge in [0.15, 0.2) is 6.10 Å². The van der Waals surface area contributed by atoms with Gasteiger partial charge in [0.05, 0.1) is 19.9 Å². The van der Waals surface area contributed by atoms with Crippen molar-refractivity contribution in [3.05, 3.63) is 95.6 Å². The van der Waals surface area contributed by atoms with Gasteiger partial charge in [0.2, 0.25) is 5.95 Å². The average Bonchev–Trinajstić information content (AvgIpc) is 3.35. The molecule has 0 aliphatic carbocycles. The summed E-state index contributed by atoms with van der Waals surface area (Å²) < 4.78 is 19.7. The molecule has 8 nitrogen and oxygen atoms in total. The summed E-state index contributed by atoms with van der Waals surface area (Å²) in [5.41, 5.74) is 4.80. The zero-order chi connectivity index (χ0) is 22.4. The predicted molar refractivity (Wildman–Crippen MR) is 122 cm³/mol. The number of nitrogens with zero attached hydrogens (tertiary/aromatic N) is 4. The van der Waals surface area contributed by atoms with Crippen LogP contribution in [-0.2, 0) is 0 Å². The topological polar surface area (TPSA) is 83.3 Å². The van der Waals surface area contributed by atoms with Crippen LogP contribution in [0.1, 0.15) is 28.8 Å². The minimum absolute atomic E-state index is 0.266. The summed E-state index contributed by atoms with van der Waals surface area (Å²) in [6.45, 7) is 0. The van der Waals surface area contributed by atoms with E-state index in [1.165, 1.54) is 0 Å². The monoisotopic (exact) mass is 439 g/mol. The van der Waals surface area contributed by atoms with Crippen LogP contribution in [0.2, 0.25) is 0 Å². The first-order chi connectivity index (χ1) is 16.3. The normalized spacial score (nSPS) is 18.4. The standard InChI is InChI=1S/C25H21N5O3/c1-31-16-9-10-18(20(12-16)32-2)24-21-22(17-7-3-4-8-19(17)33-24)29-25-27-14-28-30(25)23(21)15-6-5-11-26-13-15/h3-14,23-24H,1-2H3,(H,27,28,29)/t23-,24-/m0/s1. The van der Waals surface area contributed by atoms with E-state index in [-0.39, 0.29) is 6.04 Å². The first-order valence-electron chi connectivity index (χ1n) is 10.6. The summed E-state index contributed by atoms with van der Waals surface area (Å²) in [5, 5.41) is 8.03. The van der Waals surface area contributed by atoms with E-state index in [9.17, 15) is 0 Å². The fourth-order valence-electron chi connectivity index (χ4n) is 4.57. The van der Waals surface area contributed by atoms with Crippen LogP contribution in [0.15, 0.2) is 78.9 Å². The van der Waals surface area contributed by atoms with Crippen LogP contribution in [0, 0.1) is 0 Å². The number of fused-ring (bicyclic) bond motifs is 3. The molecule has 2 aliphatic heterocycles. The number of rotatable bonds is 4. The molecule has 33 heavy (non-hydrogen) atoms. The highest BCUT2D eigenvalue weighted by atomic mass is 16.5. The Morgan fingerprint density at radius 3 is 2.76 bits per heavy atom. The number of aromatic nitrogens is 4. The third kappa shape index (κ3) is 3.02. The maximum Gasteiger partial charge on any atom is 0.226 e. The number of hydrogen-bond donors (Lipinski definition) is 1. The van der Waals surface area contributed by atoms with Gasteiger partial charge in [-0.3, -0.25) is 4.98 Å². The van der Waals surface area contributed by atoms with Gasteiger partial charge in [-0.15, -0.1) is 0 Å². The molecule has 0 unspecified atom stereocenters. The lowest BCUT2D eigenvalue weighted by atomic mass is 9.85. The number of nitrogens with one attached hydrogen (secondary N) is 1. The van der Waals surface area contributed by atoms with E-state index < -0.39 is 6.10 Å². The molecule has 0 spiro atoms. The van der Waals surface area contributed by atoms with Gasteiger partial charge in [0.25, 0.3) is 0 Å². The van der Waals surface area contributed by atoms with E-state index in [1.54, 1.807) is 26.7 Å². The summed E-state index contributed by atoms with van der Waals surface area (Å²) in [6, 6.07) is 17.5. The summed E-state index contributed by atoms with van der Waals surface area (Å²) in [7, 11) is 3.29. The van der Waals surface area contributed by atoms with E-state index in [4.69, 9.17) is 14.2 Å². The first kappa shape index (κ1) is 19.4. The van der Waals surface area contributed by atoms with E-state index in [0.29, 0.717) is 17.4 Å². The van der Waals surface area contributed by atoms with Gasteiger partial charge in [-0.1, -0.05) is 18.2 Å². The summed E-state index contributed by atoms with van der Waals surface area (Å²) in [5.74, 6) is 2.84. The number of methoxy groups -OCH3 is 2. The molecule has 0 saturated carbocycles. The van der Waals surface area contributed by atoms with Crippen LogP contribution in [0.25, 0.3) is 5.70 Å². The van der Waals surface area contributed by atoms with Crippen LogP contribution in [0.4, 0.5) is 5.95 Å². The molecule has 6 rings (SSSR count). The highest BCUT2D eigenvalue weighted by Gasteiger charge is 2.41. The fourth-order valence-corrected chi connectivity index (χ4v) is 4.57. The molecule has 0 bridgehead atoms. The van der Waals surface area contributed by atoms with E-state index >= 15 is 0 Å². The fraction of sp³-hybridized carbons (Fsp3) is 0.160. The SMILES string of the molecule is COc1ccc([C@@H]2Oc3ccccc3C3=C2[C@H](c2cccnc2)n2ncnc2N3)c(OC)c1. The molecule has 0 saturated heterocycles. The van der Waals surface area contributed by atoms with E-state index in [0.717, 1.165) is 33.7 Å². The van der Waals surface area contributed by atoms with E-state index in [2.05, 4.69) is 20.4 Å². The molecule has 4 aromatic rings. The molecule has 0 amide bonds. The Morgan fingerprint density at radius 2 is 1.94 bits per heavy atom. The summed E-state index contributed by atoms with van der Waals surface area (Å²) >= 11 is 0. The van der Waals surface area contributed by atoms with E-state index in [1.807, 2.05) is 65.5 Å². The molecule has 2 atom stereocenters. The third-order valence-corrected chi connectivity index (χ3v) is 6.04. The second-order valence-electron chi connectivity index (χ2n) is 7.77. The Hall–Kier alpha value is -4.33. The van der Waals surface area contributed by atoms with Crippen LogP contribution in [-0.4, -0.2) is 34.0 Å². The molecule has 8 heteroatoms. The van der Waals surface area contributed by atoms with Gasteiger partial charge in [-0.25, -0.2) is 4.68 Å². The zero-order valence-corrected chi connectivity index (χ0v) is 18.1. The van der Waals surface area contributed by atoms with Crippen molar-refractivity contribution in [3.63, 3.8) is 0 Å². The second-order valence-corrected chi connectivity index (χ2v) is 7.77. The van der Waals surface area contributed by atoms with Crippen molar-refractivity contribution < 1.29 is 14.2 Å². The van der Waals surface area contributed by atoms with Crippen molar-refractivity contribution in [2.45, 2.75) is 12.1 Å². The highest BCUT2D eigenvalue weighted by Crippen LogP contribution is 2.51. The van der Waals surface area contributed by atoms with Crippen molar-refractivity contribution in [3.8, 4) is 17.2 Å². The third-order valence-electron chi connectivity index (χ3n) is 6.04. The Labute approximate surface area is 190 Å². The molecule has 2 aliphatic rings. The van der Waals surface area contributed by atoms with Crippen molar-refractivity contribution >= 4 is 11.6 Å². The highest BCUT2D eigenvalue weighted by molar-refractivity contribution is 5.85. The maximum absolute atomic E-state index is 6.65. The number of hydrogen-bond acceptors (Lipinski definition) is 7. The Balaban J connectivity index is 1.63. The molecule has 164 valence electrons. The molecular weight excluding hydrogens is 418 g/mol. The Morgan fingerprint density at radius 1 is 1.03 bits per heavy atom. The Kier molecular flexibility index (Phi) is 4.50. The molecule has 1 N–H and O–H groups in total. The van der Waals surface area contributed by atoms with Crippen molar-refractivity contribution in [2.24, 2.45) is 0 Å². The zero-order valence-electron chi connectivity index (χ0n) is 18.1. The number of para-hydroxylation sites is 1. The number of anilines is 1. The minimum Gasteiger partial charge on any atom is -0.497 e. The van der Waals surface area contributed by atoms with Gasteiger partial charge in [-0.2, -0.15) is 10.1 Å². The molecular formula is C25H21N5O3.